The van der Waals surface area contributed by atoms with Gasteiger partial charge in [-0.3, -0.25) is 4.90 Å². The second kappa shape index (κ2) is 5.02. The van der Waals surface area contributed by atoms with Gasteiger partial charge in [0, 0.05) is 25.2 Å². The molecule has 0 atom stereocenters. The van der Waals surface area contributed by atoms with Crippen molar-refractivity contribution in [3.05, 3.63) is 65.0 Å². The van der Waals surface area contributed by atoms with Crippen molar-refractivity contribution in [2.45, 2.75) is 19.5 Å². The average molecular weight is 257 g/mol. The molecule has 1 aliphatic rings. The second-order valence-electron chi connectivity index (χ2n) is 5.00. The summed E-state index contributed by atoms with van der Waals surface area (Å²) in [6, 6.07) is 12.5. The molecule has 0 aliphatic carbocycles. The third-order valence-corrected chi connectivity index (χ3v) is 3.65. The Morgan fingerprint density at radius 2 is 1.89 bits per heavy atom. The largest absolute Gasteiger partial charge is 0.508 e. The molecule has 0 fully saturated rings. The summed E-state index contributed by atoms with van der Waals surface area (Å²) in [7, 11) is 0. The lowest BCUT2D eigenvalue weighted by Crippen LogP contribution is -2.30. The second-order valence-corrected chi connectivity index (χ2v) is 5.00. The Bertz CT molecular complexity index is 597. The van der Waals surface area contributed by atoms with Crippen molar-refractivity contribution in [3.63, 3.8) is 0 Å². The van der Waals surface area contributed by atoms with E-state index in [1.807, 2.05) is 6.07 Å². The smallest absolute Gasteiger partial charge is 0.123 e. The number of aromatic hydroxyl groups is 1. The summed E-state index contributed by atoms with van der Waals surface area (Å²) in [5.74, 6) is -0.134. The first-order valence-electron chi connectivity index (χ1n) is 6.49. The molecular weight excluding hydrogens is 241 g/mol. The van der Waals surface area contributed by atoms with Crippen molar-refractivity contribution >= 4 is 0 Å². The Balaban J connectivity index is 1.77. The van der Waals surface area contributed by atoms with Crippen LogP contribution >= 0.6 is 0 Å². The van der Waals surface area contributed by atoms with E-state index in [1.165, 1.54) is 29.3 Å². The van der Waals surface area contributed by atoms with Crippen molar-refractivity contribution < 1.29 is 9.50 Å². The van der Waals surface area contributed by atoms with Crippen LogP contribution in [0.3, 0.4) is 0 Å². The van der Waals surface area contributed by atoms with Crippen LogP contribution in [0.1, 0.15) is 16.7 Å². The summed E-state index contributed by atoms with van der Waals surface area (Å²) in [4.78, 5) is 2.23. The lowest BCUT2D eigenvalue weighted by Gasteiger charge is -2.28. The Morgan fingerprint density at radius 3 is 2.74 bits per heavy atom. The number of hydrogen-bond acceptors (Lipinski definition) is 2. The van der Waals surface area contributed by atoms with Gasteiger partial charge >= 0.3 is 0 Å². The number of hydrogen-bond donors (Lipinski definition) is 1. The molecule has 0 unspecified atom stereocenters. The van der Waals surface area contributed by atoms with Crippen molar-refractivity contribution in [1.29, 1.82) is 0 Å². The SMILES string of the molecule is Oc1ccc(F)cc1CN1CCc2ccccc2C1. The fourth-order valence-electron chi connectivity index (χ4n) is 2.61. The van der Waals surface area contributed by atoms with Gasteiger partial charge in [-0.2, -0.15) is 0 Å². The summed E-state index contributed by atoms with van der Waals surface area (Å²) in [6.45, 7) is 2.37. The zero-order valence-corrected chi connectivity index (χ0v) is 10.6. The predicted molar refractivity (Wildman–Crippen MR) is 72.3 cm³/mol. The van der Waals surface area contributed by atoms with Crippen molar-refractivity contribution in [1.82, 2.24) is 4.90 Å². The van der Waals surface area contributed by atoms with Gasteiger partial charge in [0.2, 0.25) is 0 Å². The van der Waals surface area contributed by atoms with E-state index in [-0.39, 0.29) is 11.6 Å². The number of phenolic OH excluding ortho intramolecular Hbond substituents is 1. The monoisotopic (exact) mass is 257 g/mol. The van der Waals surface area contributed by atoms with Crippen molar-refractivity contribution in [3.8, 4) is 5.75 Å². The van der Waals surface area contributed by atoms with Crippen LogP contribution in [0.25, 0.3) is 0 Å². The molecule has 2 aromatic carbocycles. The van der Waals surface area contributed by atoms with Crippen LogP contribution in [-0.2, 0) is 19.5 Å². The van der Waals surface area contributed by atoms with Crippen molar-refractivity contribution in [2.75, 3.05) is 6.54 Å². The summed E-state index contributed by atoms with van der Waals surface area (Å²) >= 11 is 0. The number of nitrogens with zero attached hydrogens (tertiary/aromatic N) is 1. The van der Waals surface area contributed by atoms with Crippen LogP contribution < -0.4 is 0 Å². The number of phenols is 1. The zero-order valence-electron chi connectivity index (χ0n) is 10.6. The van der Waals surface area contributed by atoms with Gasteiger partial charge in [-0.1, -0.05) is 24.3 Å². The highest BCUT2D eigenvalue weighted by molar-refractivity contribution is 5.33. The summed E-state index contributed by atoms with van der Waals surface area (Å²) in [5.41, 5.74) is 3.37. The van der Waals surface area contributed by atoms with Crippen LogP contribution in [0.5, 0.6) is 5.75 Å². The predicted octanol–water partition coefficient (Wildman–Crippen LogP) is 3.09. The molecule has 19 heavy (non-hydrogen) atoms. The molecule has 2 aromatic rings. The van der Waals surface area contributed by atoms with E-state index in [4.69, 9.17) is 0 Å². The molecule has 2 nitrogen and oxygen atoms in total. The standard InChI is InChI=1S/C16H16FNO/c17-15-5-6-16(19)14(9-15)11-18-8-7-12-3-1-2-4-13(12)10-18/h1-6,9,19H,7-8,10-11H2. The maximum Gasteiger partial charge on any atom is 0.123 e. The molecule has 3 heteroatoms. The lowest BCUT2D eigenvalue weighted by atomic mass is 9.99. The minimum absolute atomic E-state index is 0.167. The molecule has 1 aliphatic heterocycles. The molecule has 0 saturated heterocycles. The molecule has 0 radical (unpaired) electrons. The first kappa shape index (κ1) is 12.2. The first-order valence-corrected chi connectivity index (χ1v) is 6.49. The highest BCUT2D eigenvalue weighted by Crippen LogP contribution is 2.24. The van der Waals surface area contributed by atoms with Gasteiger partial charge in [0.25, 0.3) is 0 Å². The fraction of sp³-hybridized carbons (Fsp3) is 0.250. The quantitative estimate of drug-likeness (QED) is 0.893. The molecule has 3 rings (SSSR count). The van der Waals surface area contributed by atoms with Crippen LogP contribution in [0.2, 0.25) is 0 Å². The van der Waals surface area contributed by atoms with E-state index >= 15 is 0 Å². The van der Waals surface area contributed by atoms with E-state index in [0.29, 0.717) is 12.1 Å². The molecule has 0 aromatic heterocycles. The van der Waals surface area contributed by atoms with Crippen LogP contribution in [0.4, 0.5) is 4.39 Å². The molecule has 98 valence electrons. The number of halogens is 1. The van der Waals surface area contributed by atoms with Crippen LogP contribution in [0, 0.1) is 5.82 Å². The van der Waals surface area contributed by atoms with Gasteiger partial charge in [0.15, 0.2) is 0 Å². The average Bonchev–Trinajstić information content (AvgIpc) is 2.43. The van der Waals surface area contributed by atoms with Gasteiger partial charge in [-0.05, 0) is 35.7 Å². The van der Waals surface area contributed by atoms with Crippen LogP contribution in [0.15, 0.2) is 42.5 Å². The molecule has 0 amide bonds. The van der Waals surface area contributed by atoms with Gasteiger partial charge in [0.05, 0.1) is 0 Å². The Hall–Kier alpha value is -1.87. The van der Waals surface area contributed by atoms with E-state index in [1.54, 1.807) is 0 Å². The van der Waals surface area contributed by atoms with Gasteiger partial charge in [-0.15, -0.1) is 0 Å². The molecule has 1 N–H and O–H groups in total. The van der Waals surface area contributed by atoms with E-state index < -0.39 is 0 Å². The third kappa shape index (κ3) is 2.61. The maximum absolute atomic E-state index is 13.2. The Labute approximate surface area is 112 Å². The summed E-state index contributed by atoms with van der Waals surface area (Å²) in [6.07, 6.45) is 1.01. The fourth-order valence-corrected chi connectivity index (χ4v) is 2.61. The number of benzene rings is 2. The molecule has 1 heterocycles. The minimum Gasteiger partial charge on any atom is -0.508 e. The summed E-state index contributed by atoms with van der Waals surface area (Å²) in [5, 5.41) is 9.77. The Kier molecular flexibility index (Phi) is 3.22. The number of fused-ring (bicyclic) bond motifs is 1. The zero-order chi connectivity index (χ0) is 13.2. The molecular formula is C16H16FNO. The van der Waals surface area contributed by atoms with E-state index in [9.17, 15) is 9.50 Å². The van der Waals surface area contributed by atoms with Crippen LogP contribution in [-0.4, -0.2) is 16.6 Å². The Morgan fingerprint density at radius 1 is 1.11 bits per heavy atom. The highest BCUT2D eigenvalue weighted by atomic mass is 19.1. The van der Waals surface area contributed by atoms with E-state index in [0.717, 1.165) is 19.5 Å². The van der Waals surface area contributed by atoms with E-state index in [2.05, 4.69) is 23.1 Å². The first-order chi connectivity index (χ1) is 9.22. The maximum atomic E-state index is 13.2. The van der Waals surface area contributed by atoms with Crippen molar-refractivity contribution in [2.24, 2.45) is 0 Å². The van der Waals surface area contributed by atoms with Gasteiger partial charge < -0.3 is 5.11 Å². The van der Waals surface area contributed by atoms with Gasteiger partial charge in [0.1, 0.15) is 11.6 Å². The highest BCUT2D eigenvalue weighted by Gasteiger charge is 2.17. The normalized spacial score (nSPS) is 15.2. The minimum atomic E-state index is -0.301. The summed E-state index contributed by atoms with van der Waals surface area (Å²) < 4.78 is 13.2. The lowest BCUT2D eigenvalue weighted by molar-refractivity contribution is 0.242. The molecule has 0 saturated carbocycles. The molecule has 0 bridgehead atoms. The number of rotatable bonds is 2. The topological polar surface area (TPSA) is 23.5 Å². The molecule has 0 spiro atoms. The van der Waals surface area contributed by atoms with Gasteiger partial charge in [-0.25, -0.2) is 4.39 Å². The third-order valence-electron chi connectivity index (χ3n) is 3.65.